The van der Waals surface area contributed by atoms with Gasteiger partial charge in [0.05, 0.1) is 11.6 Å². The standard InChI is InChI=1S/C13H19Cl2NO2/c1-2-16-9-10-7-11(14)8-12(15)13(10)18-6-4-3-5-17/h7-8,16-17H,2-6,9H2,1H3. The lowest BCUT2D eigenvalue weighted by molar-refractivity contribution is 0.252. The molecule has 2 N–H and O–H groups in total. The molecule has 0 aromatic heterocycles. The SMILES string of the molecule is CCNCc1cc(Cl)cc(Cl)c1OCCCCO. The van der Waals surface area contributed by atoms with Gasteiger partial charge in [0.25, 0.3) is 0 Å². The Hall–Kier alpha value is -0.480. The maximum Gasteiger partial charge on any atom is 0.142 e. The summed E-state index contributed by atoms with van der Waals surface area (Å²) in [4.78, 5) is 0. The predicted molar refractivity (Wildman–Crippen MR) is 75.7 cm³/mol. The van der Waals surface area contributed by atoms with Crippen molar-refractivity contribution in [3.63, 3.8) is 0 Å². The molecule has 1 aromatic carbocycles. The molecule has 18 heavy (non-hydrogen) atoms. The van der Waals surface area contributed by atoms with Gasteiger partial charge in [0.15, 0.2) is 0 Å². The third-order valence-electron chi connectivity index (χ3n) is 2.45. The quantitative estimate of drug-likeness (QED) is 0.723. The van der Waals surface area contributed by atoms with E-state index in [9.17, 15) is 0 Å². The van der Waals surface area contributed by atoms with Crippen molar-refractivity contribution in [2.24, 2.45) is 0 Å². The number of benzene rings is 1. The molecule has 0 spiro atoms. The Balaban J connectivity index is 2.72. The molecule has 5 heteroatoms. The highest BCUT2D eigenvalue weighted by molar-refractivity contribution is 6.35. The Bertz CT molecular complexity index is 372. The summed E-state index contributed by atoms with van der Waals surface area (Å²) >= 11 is 12.1. The second kappa shape index (κ2) is 8.59. The van der Waals surface area contributed by atoms with Crippen molar-refractivity contribution in [3.05, 3.63) is 27.7 Å². The third kappa shape index (κ3) is 5.02. The zero-order valence-corrected chi connectivity index (χ0v) is 12.0. The second-order valence-corrected chi connectivity index (χ2v) is 4.78. The Kier molecular flexibility index (Phi) is 7.44. The average Bonchev–Trinajstić information content (AvgIpc) is 2.34. The molecule has 0 aliphatic rings. The molecule has 0 bridgehead atoms. The van der Waals surface area contributed by atoms with Gasteiger partial charge in [-0.3, -0.25) is 0 Å². The number of nitrogens with one attached hydrogen (secondary N) is 1. The number of hydrogen-bond donors (Lipinski definition) is 2. The van der Waals surface area contributed by atoms with Crippen LogP contribution in [0.1, 0.15) is 25.3 Å². The molecule has 0 saturated carbocycles. The van der Waals surface area contributed by atoms with E-state index >= 15 is 0 Å². The Morgan fingerprint density at radius 2 is 2.06 bits per heavy atom. The van der Waals surface area contributed by atoms with Gasteiger partial charge < -0.3 is 15.2 Å². The lowest BCUT2D eigenvalue weighted by atomic mass is 10.2. The van der Waals surface area contributed by atoms with Crippen LogP contribution in [0.2, 0.25) is 10.0 Å². The summed E-state index contributed by atoms with van der Waals surface area (Å²) in [6, 6.07) is 3.54. The Labute approximate surface area is 118 Å². The fourth-order valence-corrected chi connectivity index (χ4v) is 2.14. The summed E-state index contributed by atoms with van der Waals surface area (Å²) in [7, 11) is 0. The zero-order valence-electron chi connectivity index (χ0n) is 10.5. The molecule has 3 nitrogen and oxygen atoms in total. The maximum atomic E-state index is 8.72. The number of aliphatic hydroxyl groups is 1. The van der Waals surface area contributed by atoms with E-state index < -0.39 is 0 Å². The number of ether oxygens (including phenoxy) is 1. The average molecular weight is 292 g/mol. The molecule has 102 valence electrons. The molecule has 0 fully saturated rings. The van der Waals surface area contributed by atoms with E-state index in [4.69, 9.17) is 33.0 Å². The van der Waals surface area contributed by atoms with Crippen molar-refractivity contribution < 1.29 is 9.84 Å². The van der Waals surface area contributed by atoms with E-state index in [1.807, 2.05) is 13.0 Å². The van der Waals surface area contributed by atoms with Gasteiger partial charge in [-0.25, -0.2) is 0 Å². The molecule has 0 heterocycles. The summed E-state index contributed by atoms with van der Waals surface area (Å²) in [6.07, 6.45) is 1.53. The monoisotopic (exact) mass is 291 g/mol. The first-order valence-corrected chi connectivity index (χ1v) is 6.87. The Morgan fingerprint density at radius 3 is 2.72 bits per heavy atom. The van der Waals surface area contributed by atoms with E-state index in [0.29, 0.717) is 28.9 Å². The van der Waals surface area contributed by atoms with Gasteiger partial charge in [-0.1, -0.05) is 30.1 Å². The molecular formula is C13H19Cl2NO2. The van der Waals surface area contributed by atoms with E-state index in [-0.39, 0.29) is 6.61 Å². The number of halogens is 2. The fourth-order valence-electron chi connectivity index (χ4n) is 1.55. The highest BCUT2D eigenvalue weighted by Gasteiger charge is 2.10. The first-order chi connectivity index (χ1) is 8.69. The number of hydrogen-bond acceptors (Lipinski definition) is 3. The minimum Gasteiger partial charge on any atom is -0.492 e. The highest BCUT2D eigenvalue weighted by Crippen LogP contribution is 2.32. The van der Waals surface area contributed by atoms with Crippen LogP contribution in [0.5, 0.6) is 5.75 Å². The van der Waals surface area contributed by atoms with Gasteiger partial charge in [0.1, 0.15) is 5.75 Å². The van der Waals surface area contributed by atoms with Gasteiger partial charge in [-0.2, -0.15) is 0 Å². The lowest BCUT2D eigenvalue weighted by Crippen LogP contribution is -2.13. The van der Waals surface area contributed by atoms with Gasteiger partial charge >= 0.3 is 0 Å². The minimum atomic E-state index is 0.182. The second-order valence-electron chi connectivity index (χ2n) is 3.94. The molecule has 0 radical (unpaired) electrons. The van der Waals surface area contributed by atoms with Crippen LogP contribution in [0.4, 0.5) is 0 Å². The highest BCUT2D eigenvalue weighted by atomic mass is 35.5. The smallest absolute Gasteiger partial charge is 0.142 e. The third-order valence-corrected chi connectivity index (χ3v) is 2.95. The molecule has 0 unspecified atom stereocenters. The van der Waals surface area contributed by atoms with E-state index in [1.165, 1.54) is 0 Å². The number of unbranched alkanes of at least 4 members (excludes halogenated alkanes) is 1. The topological polar surface area (TPSA) is 41.5 Å². The van der Waals surface area contributed by atoms with Crippen LogP contribution in [-0.2, 0) is 6.54 Å². The van der Waals surface area contributed by atoms with Crippen LogP contribution in [-0.4, -0.2) is 24.9 Å². The number of aliphatic hydroxyl groups excluding tert-OH is 1. The van der Waals surface area contributed by atoms with Crippen LogP contribution in [0.25, 0.3) is 0 Å². The summed E-state index contributed by atoms with van der Waals surface area (Å²) < 4.78 is 5.68. The molecular weight excluding hydrogens is 273 g/mol. The van der Waals surface area contributed by atoms with Crippen molar-refractivity contribution in [1.29, 1.82) is 0 Å². The Morgan fingerprint density at radius 1 is 1.28 bits per heavy atom. The summed E-state index contributed by atoms with van der Waals surface area (Å²) in [6.45, 7) is 4.30. The number of rotatable bonds is 8. The van der Waals surface area contributed by atoms with E-state index in [2.05, 4.69) is 5.32 Å². The van der Waals surface area contributed by atoms with E-state index in [1.54, 1.807) is 6.07 Å². The lowest BCUT2D eigenvalue weighted by Gasteiger charge is -2.14. The van der Waals surface area contributed by atoms with Crippen LogP contribution in [0.3, 0.4) is 0 Å². The van der Waals surface area contributed by atoms with Crippen molar-refractivity contribution >= 4 is 23.2 Å². The minimum absolute atomic E-state index is 0.182. The molecule has 0 saturated heterocycles. The first kappa shape index (κ1) is 15.6. The van der Waals surface area contributed by atoms with Crippen LogP contribution >= 0.6 is 23.2 Å². The molecule has 1 rings (SSSR count). The van der Waals surface area contributed by atoms with Gasteiger partial charge in [-0.05, 0) is 31.5 Å². The molecule has 0 atom stereocenters. The summed E-state index contributed by atoms with van der Waals surface area (Å²) in [5.74, 6) is 0.681. The maximum absolute atomic E-state index is 8.72. The normalized spacial score (nSPS) is 10.7. The van der Waals surface area contributed by atoms with Gasteiger partial charge in [-0.15, -0.1) is 0 Å². The van der Waals surface area contributed by atoms with Crippen molar-refractivity contribution in [3.8, 4) is 5.75 Å². The molecule has 0 aliphatic carbocycles. The molecule has 0 aliphatic heterocycles. The van der Waals surface area contributed by atoms with Crippen LogP contribution < -0.4 is 10.1 Å². The largest absolute Gasteiger partial charge is 0.492 e. The van der Waals surface area contributed by atoms with Crippen LogP contribution in [0, 0.1) is 0 Å². The fraction of sp³-hybridized carbons (Fsp3) is 0.538. The first-order valence-electron chi connectivity index (χ1n) is 6.11. The van der Waals surface area contributed by atoms with E-state index in [0.717, 1.165) is 24.9 Å². The zero-order chi connectivity index (χ0) is 13.4. The van der Waals surface area contributed by atoms with Crippen molar-refractivity contribution in [2.45, 2.75) is 26.3 Å². The van der Waals surface area contributed by atoms with Gasteiger partial charge in [0.2, 0.25) is 0 Å². The molecule has 0 amide bonds. The van der Waals surface area contributed by atoms with Gasteiger partial charge in [0, 0.05) is 23.7 Å². The summed E-state index contributed by atoms with van der Waals surface area (Å²) in [5.41, 5.74) is 0.957. The summed E-state index contributed by atoms with van der Waals surface area (Å²) in [5, 5.41) is 13.1. The predicted octanol–water partition coefficient (Wildman–Crippen LogP) is 3.25. The van der Waals surface area contributed by atoms with Crippen molar-refractivity contribution in [2.75, 3.05) is 19.8 Å². The van der Waals surface area contributed by atoms with Crippen molar-refractivity contribution in [1.82, 2.24) is 5.32 Å². The van der Waals surface area contributed by atoms with Crippen LogP contribution in [0.15, 0.2) is 12.1 Å². The molecule has 1 aromatic rings.